The van der Waals surface area contributed by atoms with Crippen LogP contribution in [0, 0.1) is 5.92 Å². The van der Waals surface area contributed by atoms with E-state index in [2.05, 4.69) is 60.1 Å². The van der Waals surface area contributed by atoms with E-state index in [0.717, 1.165) is 24.0 Å². The molecule has 1 aromatic heterocycles. The molecular weight excluding hydrogens is 366 g/mol. The summed E-state index contributed by atoms with van der Waals surface area (Å²) >= 11 is 1.71. The maximum Gasteiger partial charge on any atom is 0.224 e. The van der Waals surface area contributed by atoms with Crippen LogP contribution < -0.4 is 5.32 Å². The van der Waals surface area contributed by atoms with Crippen LogP contribution in [0.25, 0.3) is 11.1 Å². The number of carbonyl (C=O) groups excluding carboxylic acids is 1. The minimum absolute atomic E-state index is 0.0315. The van der Waals surface area contributed by atoms with Gasteiger partial charge in [0.1, 0.15) is 0 Å². The number of thiophene rings is 1. The summed E-state index contributed by atoms with van der Waals surface area (Å²) in [5, 5.41) is 14.9. The summed E-state index contributed by atoms with van der Waals surface area (Å²) < 4.78 is 0. The van der Waals surface area contributed by atoms with Gasteiger partial charge in [0, 0.05) is 16.7 Å². The molecule has 3 atom stereocenters. The fraction of sp³-hybridized carbons (Fsp3) is 0.292. The Labute approximate surface area is 170 Å². The SMILES string of the molecule is CCc1ccc(-c2ccc([C@H](CO)NC(=O)[C@H]3C[C@@H]3c3cccs3)cc2)cc1. The number of carbonyl (C=O) groups is 1. The van der Waals surface area contributed by atoms with E-state index in [0.29, 0.717) is 5.92 Å². The largest absolute Gasteiger partial charge is 0.394 e. The Morgan fingerprint density at radius 1 is 1.11 bits per heavy atom. The molecule has 1 heterocycles. The highest BCUT2D eigenvalue weighted by molar-refractivity contribution is 7.10. The van der Waals surface area contributed by atoms with Gasteiger partial charge in [0.15, 0.2) is 0 Å². The molecule has 1 aliphatic carbocycles. The van der Waals surface area contributed by atoms with Crippen LogP contribution in [-0.4, -0.2) is 17.6 Å². The quantitative estimate of drug-likeness (QED) is 0.600. The second-order valence-corrected chi connectivity index (χ2v) is 8.36. The topological polar surface area (TPSA) is 49.3 Å². The standard InChI is InChI=1S/C24H25NO2S/c1-2-16-5-7-17(8-6-16)18-9-11-19(12-10-18)22(15-26)25-24(27)21-14-20(21)23-4-3-13-28-23/h3-13,20-22,26H,2,14-15H2,1H3,(H,25,27)/t20-,21-,22-/m0/s1. The number of nitrogens with one attached hydrogen (secondary N) is 1. The first-order valence-corrected chi connectivity index (χ1v) is 10.7. The smallest absolute Gasteiger partial charge is 0.224 e. The summed E-state index contributed by atoms with van der Waals surface area (Å²) in [7, 11) is 0. The van der Waals surface area contributed by atoms with Crippen molar-refractivity contribution in [1.29, 1.82) is 0 Å². The third-order valence-corrected chi connectivity index (χ3v) is 6.55. The number of hydrogen-bond donors (Lipinski definition) is 2. The predicted octanol–water partition coefficient (Wildman–Crippen LogP) is 4.93. The summed E-state index contributed by atoms with van der Waals surface area (Å²) in [6.45, 7) is 2.05. The number of aliphatic hydroxyl groups is 1. The van der Waals surface area contributed by atoms with Gasteiger partial charge in [-0.25, -0.2) is 0 Å². The molecule has 1 amide bonds. The summed E-state index contributed by atoms with van der Waals surface area (Å²) in [4.78, 5) is 13.9. The van der Waals surface area contributed by atoms with Crippen LogP contribution in [-0.2, 0) is 11.2 Å². The molecule has 144 valence electrons. The van der Waals surface area contributed by atoms with Crippen molar-refractivity contribution in [3.8, 4) is 11.1 Å². The Morgan fingerprint density at radius 3 is 2.36 bits per heavy atom. The molecule has 3 aromatic rings. The molecule has 3 nitrogen and oxygen atoms in total. The highest BCUT2D eigenvalue weighted by Gasteiger charge is 2.45. The normalized spacial score (nSPS) is 19.2. The van der Waals surface area contributed by atoms with Crippen LogP contribution in [0.1, 0.15) is 41.3 Å². The minimum Gasteiger partial charge on any atom is -0.394 e. The molecule has 0 saturated heterocycles. The monoisotopic (exact) mass is 391 g/mol. The third-order valence-electron chi connectivity index (χ3n) is 5.54. The molecule has 4 heteroatoms. The van der Waals surface area contributed by atoms with Gasteiger partial charge in [-0.1, -0.05) is 61.5 Å². The van der Waals surface area contributed by atoms with Gasteiger partial charge in [-0.05, 0) is 46.5 Å². The van der Waals surface area contributed by atoms with E-state index in [1.807, 2.05) is 18.2 Å². The third kappa shape index (κ3) is 4.03. The summed E-state index contributed by atoms with van der Waals surface area (Å²) in [6, 6.07) is 20.4. The lowest BCUT2D eigenvalue weighted by molar-refractivity contribution is -0.123. The van der Waals surface area contributed by atoms with Gasteiger partial charge in [-0.15, -0.1) is 11.3 Å². The molecule has 1 saturated carbocycles. The molecule has 1 fully saturated rings. The van der Waals surface area contributed by atoms with Gasteiger partial charge < -0.3 is 10.4 Å². The van der Waals surface area contributed by atoms with Crippen molar-refractivity contribution in [2.24, 2.45) is 5.92 Å². The van der Waals surface area contributed by atoms with Crippen LogP contribution in [0.5, 0.6) is 0 Å². The van der Waals surface area contributed by atoms with E-state index in [-0.39, 0.29) is 24.5 Å². The van der Waals surface area contributed by atoms with Crippen molar-refractivity contribution in [2.45, 2.75) is 31.7 Å². The lowest BCUT2D eigenvalue weighted by atomic mass is 9.99. The molecule has 4 rings (SSSR count). The molecule has 0 radical (unpaired) electrons. The second-order valence-electron chi connectivity index (χ2n) is 7.38. The number of aliphatic hydroxyl groups excluding tert-OH is 1. The van der Waals surface area contributed by atoms with Crippen molar-refractivity contribution in [3.05, 3.63) is 82.0 Å². The second kappa shape index (κ2) is 8.29. The summed E-state index contributed by atoms with van der Waals surface area (Å²) in [6.07, 6.45) is 1.93. The first-order chi connectivity index (χ1) is 13.7. The molecule has 1 aliphatic rings. The maximum absolute atomic E-state index is 12.6. The van der Waals surface area contributed by atoms with Gasteiger partial charge in [0.2, 0.25) is 5.91 Å². The van der Waals surface area contributed by atoms with Crippen LogP contribution >= 0.6 is 11.3 Å². The zero-order chi connectivity index (χ0) is 19.5. The highest BCUT2D eigenvalue weighted by Crippen LogP contribution is 2.49. The fourth-order valence-corrected chi connectivity index (χ4v) is 4.56. The van der Waals surface area contributed by atoms with E-state index in [9.17, 15) is 9.90 Å². The lowest BCUT2D eigenvalue weighted by Gasteiger charge is -2.17. The number of hydrogen-bond acceptors (Lipinski definition) is 3. The van der Waals surface area contributed by atoms with Crippen molar-refractivity contribution in [2.75, 3.05) is 6.61 Å². The van der Waals surface area contributed by atoms with Crippen molar-refractivity contribution >= 4 is 17.2 Å². The van der Waals surface area contributed by atoms with Crippen molar-refractivity contribution in [3.63, 3.8) is 0 Å². The Bertz CT molecular complexity index is 916. The van der Waals surface area contributed by atoms with Gasteiger partial charge in [0.05, 0.1) is 12.6 Å². The number of amides is 1. The molecule has 2 N–H and O–H groups in total. The Balaban J connectivity index is 1.41. The molecule has 0 aliphatic heterocycles. The van der Waals surface area contributed by atoms with Crippen LogP contribution in [0.4, 0.5) is 0 Å². The first kappa shape index (κ1) is 18.9. The average molecular weight is 392 g/mol. The maximum atomic E-state index is 12.6. The number of rotatable bonds is 7. The first-order valence-electron chi connectivity index (χ1n) is 9.83. The zero-order valence-corrected chi connectivity index (χ0v) is 16.8. The summed E-state index contributed by atoms with van der Waals surface area (Å²) in [5.74, 6) is 0.411. The predicted molar refractivity (Wildman–Crippen MR) is 114 cm³/mol. The van der Waals surface area contributed by atoms with Gasteiger partial charge in [-0.3, -0.25) is 4.79 Å². The Morgan fingerprint density at radius 2 is 1.79 bits per heavy atom. The van der Waals surface area contributed by atoms with E-state index in [1.165, 1.54) is 16.0 Å². The van der Waals surface area contributed by atoms with E-state index in [1.54, 1.807) is 11.3 Å². The molecular formula is C24H25NO2S. The van der Waals surface area contributed by atoms with Gasteiger partial charge >= 0.3 is 0 Å². The fourth-order valence-electron chi connectivity index (χ4n) is 3.66. The van der Waals surface area contributed by atoms with E-state index < -0.39 is 0 Å². The number of benzene rings is 2. The molecule has 28 heavy (non-hydrogen) atoms. The molecule has 0 unspecified atom stereocenters. The van der Waals surface area contributed by atoms with Crippen LogP contribution in [0.15, 0.2) is 66.0 Å². The number of aryl methyl sites for hydroxylation is 1. The van der Waals surface area contributed by atoms with Gasteiger partial charge in [-0.2, -0.15) is 0 Å². The van der Waals surface area contributed by atoms with Crippen molar-refractivity contribution in [1.82, 2.24) is 5.32 Å². The van der Waals surface area contributed by atoms with E-state index in [4.69, 9.17) is 0 Å². The average Bonchev–Trinajstić information content (AvgIpc) is 3.37. The zero-order valence-electron chi connectivity index (χ0n) is 16.0. The van der Waals surface area contributed by atoms with Crippen LogP contribution in [0.3, 0.4) is 0 Å². The molecule has 2 aromatic carbocycles. The Kier molecular flexibility index (Phi) is 5.60. The van der Waals surface area contributed by atoms with Crippen molar-refractivity contribution < 1.29 is 9.90 Å². The highest BCUT2D eigenvalue weighted by atomic mass is 32.1. The molecule has 0 spiro atoms. The molecule has 0 bridgehead atoms. The Hall–Kier alpha value is -2.43. The van der Waals surface area contributed by atoms with E-state index >= 15 is 0 Å². The minimum atomic E-state index is -0.367. The van der Waals surface area contributed by atoms with Gasteiger partial charge in [0.25, 0.3) is 0 Å². The summed E-state index contributed by atoms with van der Waals surface area (Å²) in [5.41, 5.74) is 4.56. The van der Waals surface area contributed by atoms with Crippen LogP contribution in [0.2, 0.25) is 0 Å². The lowest BCUT2D eigenvalue weighted by Crippen LogP contribution is -2.32.